The van der Waals surface area contributed by atoms with E-state index >= 15 is 0 Å². The van der Waals surface area contributed by atoms with E-state index in [1.807, 2.05) is 6.07 Å². The summed E-state index contributed by atoms with van der Waals surface area (Å²) in [4.78, 5) is 0. The van der Waals surface area contributed by atoms with E-state index in [2.05, 4.69) is 36.4 Å². The lowest BCUT2D eigenvalue weighted by molar-refractivity contribution is -0.589. The first-order valence-electron chi connectivity index (χ1n) is 6.08. The molecule has 0 bridgehead atoms. The summed E-state index contributed by atoms with van der Waals surface area (Å²) < 4.78 is 67.2. The Morgan fingerprint density at radius 2 is 1.61 bits per heavy atom. The number of hydrogen-bond donors (Lipinski definition) is 0. The van der Waals surface area contributed by atoms with Gasteiger partial charge >= 0.3 is 26.7 Å². The standard InChI is InChI=1S/C13H10IO.CHF3O3S/c1-15-9-6-7-11-10-4-2-3-5-12(10)14-13(11)8-9;2-1(3,4)8(5,6)7/h2-8H,1H3;(H,5,6,7)/q+1;/p-1. The SMILES string of the molecule is COc1ccc2c(c1)[I+]c1ccccc1-2.O=S(=O)([O-])C(F)(F)F. The van der Waals surface area contributed by atoms with Gasteiger partial charge in [-0.15, -0.1) is 0 Å². The minimum Gasteiger partial charge on any atom is -0.741 e. The summed E-state index contributed by atoms with van der Waals surface area (Å²) >= 11 is -0.000115. The van der Waals surface area contributed by atoms with Crippen molar-refractivity contribution in [2.45, 2.75) is 5.51 Å². The number of rotatable bonds is 1. The van der Waals surface area contributed by atoms with Crippen molar-refractivity contribution in [1.29, 1.82) is 0 Å². The zero-order chi connectivity index (χ0) is 17.3. The van der Waals surface area contributed by atoms with Crippen LogP contribution in [0, 0.1) is 7.14 Å². The van der Waals surface area contributed by atoms with Crippen LogP contribution in [-0.2, 0) is 10.1 Å². The van der Waals surface area contributed by atoms with Crippen LogP contribution < -0.4 is 25.9 Å². The van der Waals surface area contributed by atoms with Gasteiger partial charge in [-0.3, -0.25) is 0 Å². The van der Waals surface area contributed by atoms with Gasteiger partial charge in [0.1, 0.15) is 5.75 Å². The first-order valence-corrected chi connectivity index (χ1v) is 9.64. The maximum absolute atomic E-state index is 10.7. The van der Waals surface area contributed by atoms with Gasteiger partial charge in [0.15, 0.2) is 10.1 Å². The predicted octanol–water partition coefficient (Wildman–Crippen LogP) is -0.145. The largest absolute Gasteiger partial charge is 0.741 e. The van der Waals surface area contributed by atoms with Crippen LogP contribution in [0.15, 0.2) is 42.5 Å². The first-order chi connectivity index (χ1) is 10.6. The Bertz CT molecular complexity index is 819. The topological polar surface area (TPSA) is 66.4 Å². The molecule has 2 aromatic carbocycles. The van der Waals surface area contributed by atoms with Gasteiger partial charge < -0.3 is 9.29 Å². The Labute approximate surface area is 141 Å². The van der Waals surface area contributed by atoms with E-state index in [1.165, 1.54) is 18.3 Å². The smallest absolute Gasteiger partial charge is 0.485 e. The van der Waals surface area contributed by atoms with Gasteiger partial charge in [-0.2, -0.15) is 13.2 Å². The second-order valence-corrected chi connectivity index (χ2v) is 8.55. The summed E-state index contributed by atoms with van der Waals surface area (Å²) in [5, 5.41) is 0. The first kappa shape index (κ1) is 18.0. The van der Waals surface area contributed by atoms with Crippen LogP contribution in [0.25, 0.3) is 11.1 Å². The number of alkyl halides is 3. The number of benzene rings is 2. The van der Waals surface area contributed by atoms with Crippen LogP contribution in [-0.4, -0.2) is 25.6 Å². The van der Waals surface area contributed by atoms with E-state index in [9.17, 15) is 13.2 Å². The normalized spacial score (nSPS) is 12.7. The molecule has 0 unspecified atom stereocenters. The average Bonchev–Trinajstić information content (AvgIpc) is 2.83. The van der Waals surface area contributed by atoms with Crippen molar-refractivity contribution in [3.8, 4) is 16.9 Å². The van der Waals surface area contributed by atoms with Gasteiger partial charge in [0.25, 0.3) is 0 Å². The maximum Gasteiger partial charge on any atom is 0.485 e. The monoisotopic (exact) mass is 458 g/mol. The third-order valence-electron chi connectivity index (χ3n) is 2.83. The fraction of sp³-hybridized carbons (Fsp3) is 0.143. The fourth-order valence-corrected chi connectivity index (χ4v) is 4.79. The summed E-state index contributed by atoms with van der Waals surface area (Å²) in [6, 6.07) is 15.1. The molecule has 4 nitrogen and oxygen atoms in total. The molecule has 0 amide bonds. The third-order valence-corrected chi connectivity index (χ3v) is 6.39. The fourth-order valence-electron chi connectivity index (χ4n) is 1.79. The van der Waals surface area contributed by atoms with Crippen molar-refractivity contribution in [2.75, 3.05) is 7.11 Å². The number of halogens is 4. The van der Waals surface area contributed by atoms with Crippen molar-refractivity contribution in [1.82, 2.24) is 0 Å². The highest BCUT2D eigenvalue weighted by Gasteiger charge is 2.37. The quantitative estimate of drug-likeness (QED) is 0.289. The Balaban J connectivity index is 0.000000207. The van der Waals surface area contributed by atoms with Gasteiger partial charge in [-0.25, -0.2) is 8.42 Å². The van der Waals surface area contributed by atoms with E-state index in [-0.39, 0.29) is 21.2 Å². The molecule has 0 aromatic heterocycles. The van der Waals surface area contributed by atoms with Crippen LogP contribution in [0.1, 0.15) is 0 Å². The lowest BCUT2D eigenvalue weighted by atomic mass is 10.1. The molecule has 0 saturated carbocycles. The number of methoxy groups -OCH3 is 1. The molecule has 0 N–H and O–H groups in total. The van der Waals surface area contributed by atoms with Gasteiger partial charge in [-0.1, -0.05) is 12.1 Å². The molecule has 0 saturated heterocycles. The Hall–Kier alpha value is -1.33. The molecular formula is C14H10F3IO4S. The van der Waals surface area contributed by atoms with Crippen LogP contribution in [0.2, 0.25) is 0 Å². The molecule has 0 spiro atoms. The highest BCUT2D eigenvalue weighted by Crippen LogP contribution is 2.24. The van der Waals surface area contributed by atoms with Crippen LogP contribution >= 0.6 is 0 Å². The van der Waals surface area contributed by atoms with Crippen LogP contribution in [0.4, 0.5) is 13.2 Å². The second-order valence-electron chi connectivity index (χ2n) is 4.32. The molecule has 0 fully saturated rings. The Morgan fingerprint density at radius 3 is 2.17 bits per heavy atom. The zero-order valence-electron chi connectivity index (χ0n) is 11.6. The van der Waals surface area contributed by atoms with Crippen molar-refractivity contribution in [3.63, 3.8) is 0 Å². The number of hydrogen-bond acceptors (Lipinski definition) is 4. The predicted molar refractivity (Wildman–Crippen MR) is 71.6 cm³/mol. The molecule has 0 aliphatic carbocycles. The molecular weight excluding hydrogens is 448 g/mol. The highest BCUT2D eigenvalue weighted by atomic mass is 127. The lowest BCUT2D eigenvalue weighted by Crippen LogP contribution is -3.61. The van der Waals surface area contributed by atoms with Gasteiger partial charge in [0.05, 0.1) is 7.11 Å². The molecule has 0 radical (unpaired) electrons. The average molecular weight is 458 g/mol. The minimum absolute atomic E-state index is 0.000115. The maximum atomic E-state index is 10.7. The third kappa shape index (κ3) is 4.15. The van der Waals surface area contributed by atoms with Crippen molar-refractivity contribution in [2.24, 2.45) is 0 Å². The molecule has 2 aromatic rings. The molecule has 0 atom stereocenters. The molecule has 124 valence electrons. The summed E-state index contributed by atoms with van der Waals surface area (Å²) in [6.07, 6.45) is 0. The summed E-state index contributed by atoms with van der Waals surface area (Å²) in [7, 11) is -4.37. The molecule has 23 heavy (non-hydrogen) atoms. The lowest BCUT2D eigenvalue weighted by Gasteiger charge is -2.08. The van der Waals surface area contributed by atoms with E-state index in [1.54, 1.807) is 7.11 Å². The molecule has 1 aliphatic heterocycles. The Kier molecular flexibility index (Phi) is 5.21. The summed E-state index contributed by atoms with van der Waals surface area (Å²) in [5.74, 6) is 0.973. The summed E-state index contributed by atoms with van der Waals surface area (Å²) in [6.45, 7) is 0. The molecule has 1 aliphatic rings. The van der Waals surface area contributed by atoms with Crippen LogP contribution in [0.3, 0.4) is 0 Å². The van der Waals surface area contributed by atoms with E-state index < -0.39 is 15.6 Å². The highest BCUT2D eigenvalue weighted by molar-refractivity contribution is 7.86. The number of ether oxygens (including phenoxy) is 1. The van der Waals surface area contributed by atoms with E-state index in [4.69, 9.17) is 17.7 Å². The molecule has 1 heterocycles. The van der Waals surface area contributed by atoms with Gasteiger partial charge in [0, 0.05) is 17.2 Å². The minimum atomic E-state index is -6.09. The van der Waals surface area contributed by atoms with Crippen molar-refractivity contribution < 1.29 is 52.1 Å². The van der Waals surface area contributed by atoms with Crippen LogP contribution in [0.5, 0.6) is 5.75 Å². The van der Waals surface area contributed by atoms with Gasteiger partial charge in [0.2, 0.25) is 7.14 Å². The number of fused-ring (bicyclic) bond motifs is 3. The summed E-state index contributed by atoms with van der Waals surface area (Å²) in [5.41, 5.74) is -2.82. The van der Waals surface area contributed by atoms with Crippen molar-refractivity contribution >= 4 is 10.1 Å². The van der Waals surface area contributed by atoms with Gasteiger partial charge in [-0.05, 0) is 24.3 Å². The zero-order valence-corrected chi connectivity index (χ0v) is 14.6. The van der Waals surface area contributed by atoms with Crippen molar-refractivity contribution in [3.05, 3.63) is 49.6 Å². The molecule has 9 heteroatoms. The Morgan fingerprint density at radius 1 is 1.04 bits per heavy atom. The second kappa shape index (κ2) is 6.65. The van der Waals surface area contributed by atoms with E-state index in [0.717, 1.165) is 5.75 Å². The molecule has 3 rings (SSSR count). The van der Waals surface area contributed by atoms with E-state index in [0.29, 0.717) is 0 Å².